The Balaban J connectivity index is 1.42. The highest BCUT2D eigenvalue weighted by atomic mass is 16.6. The Bertz CT molecular complexity index is 766. The average Bonchev–Trinajstić information content (AvgIpc) is 3.23. The Morgan fingerprint density at radius 1 is 1.32 bits per heavy atom. The summed E-state index contributed by atoms with van der Waals surface area (Å²) in [5, 5.41) is 13.3. The summed E-state index contributed by atoms with van der Waals surface area (Å²) in [5.74, 6) is -0.901. The first-order chi connectivity index (χ1) is 12.0. The van der Waals surface area contributed by atoms with Crippen LogP contribution in [0.3, 0.4) is 0 Å². The van der Waals surface area contributed by atoms with Crippen molar-refractivity contribution in [2.75, 3.05) is 13.1 Å². The van der Waals surface area contributed by atoms with Gasteiger partial charge in [-0.1, -0.05) is 5.16 Å². The van der Waals surface area contributed by atoms with Gasteiger partial charge in [-0.15, -0.1) is 0 Å². The molecule has 132 valence electrons. The van der Waals surface area contributed by atoms with Gasteiger partial charge in [0.1, 0.15) is 11.4 Å². The van der Waals surface area contributed by atoms with Crippen molar-refractivity contribution in [1.29, 1.82) is 0 Å². The molecule has 1 aromatic rings. The number of nitrogens with zero attached hydrogens (tertiary/aromatic N) is 3. The summed E-state index contributed by atoms with van der Waals surface area (Å²) in [4.78, 5) is 43.2. The van der Waals surface area contributed by atoms with Gasteiger partial charge < -0.3 is 15.1 Å². The first-order valence-corrected chi connectivity index (χ1v) is 8.43. The summed E-state index contributed by atoms with van der Waals surface area (Å²) in [6.45, 7) is 2.10. The van der Waals surface area contributed by atoms with Crippen molar-refractivity contribution in [3.63, 3.8) is 0 Å². The third-order valence-corrected chi connectivity index (χ3v) is 5.03. The number of hydrogen-bond acceptors (Lipinski definition) is 6. The fourth-order valence-electron chi connectivity index (χ4n) is 3.31. The smallest absolute Gasteiger partial charge is 0.272 e. The second-order valence-corrected chi connectivity index (χ2v) is 6.76. The molecule has 0 aromatic carbocycles. The largest absolute Gasteiger partial charge is 0.389 e. The van der Waals surface area contributed by atoms with E-state index in [2.05, 4.69) is 20.7 Å². The number of H-pyrrole nitrogens is 1. The highest BCUT2D eigenvalue weighted by Crippen LogP contribution is 2.29. The summed E-state index contributed by atoms with van der Waals surface area (Å²) in [5.41, 5.74) is 0.838. The monoisotopic (exact) mass is 345 g/mol. The SMILES string of the molecule is CC(=O)c1cc(C(=O)N2C[C@@H]3C(C(=O)NC4CCC4)=NO[C@@H]3C2)[nH]n1. The van der Waals surface area contributed by atoms with E-state index in [4.69, 9.17) is 4.84 Å². The lowest BCUT2D eigenvalue weighted by molar-refractivity contribution is -0.116. The van der Waals surface area contributed by atoms with Crippen LogP contribution in [0.1, 0.15) is 47.2 Å². The maximum absolute atomic E-state index is 12.6. The fourth-order valence-corrected chi connectivity index (χ4v) is 3.31. The van der Waals surface area contributed by atoms with Crippen LogP contribution in [0.2, 0.25) is 0 Å². The molecule has 0 bridgehead atoms. The van der Waals surface area contributed by atoms with Crippen LogP contribution in [-0.2, 0) is 9.63 Å². The number of aromatic nitrogens is 2. The number of carbonyl (C=O) groups is 3. The van der Waals surface area contributed by atoms with Crippen molar-refractivity contribution in [3.8, 4) is 0 Å². The van der Waals surface area contributed by atoms with Gasteiger partial charge in [-0.3, -0.25) is 19.5 Å². The third kappa shape index (κ3) is 2.79. The molecule has 0 spiro atoms. The lowest BCUT2D eigenvalue weighted by Crippen LogP contribution is -2.45. The van der Waals surface area contributed by atoms with Gasteiger partial charge in [-0.05, 0) is 25.3 Å². The quantitative estimate of drug-likeness (QED) is 0.751. The lowest BCUT2D eigenvalue weighted by atomic mass is 9.92. The maximum Gasteiger partial charge on any atom is 0.272 e. The molecule has 1 saturated heterocycles. The number of fused-ring (bicyclic) bond motifs is 1. The van der Waals surface area contributed by atoms with Gasteiger partial charge in [0.15, 0.2) is 17.6 Å². The van der Waals surface area contributed by atoms with Crippen LogP contribution >= 0.6 is 0 Å². The van der Waals surface area contributed by atoms with E-state index in [0.717, 1.165) is 19.3 Å². The molecule has 3 heterocycles. The first kappa shape index (κ1) is 15.8. The van der Waals surface area contributed by atoms with E-state index in [9.17, 15) is 14.4 Å². The van der Waals surface area contributed by atoms with Crippen molar-refractivity contribution in [1.82, 2.24) is 20.4 Å². The van der Waals surface area contributed by atoms with E-state index < -0.39 is 0 Å². The topological polar surface area (TPSA) is 117 Å². The highest BCUT2D eigenvalue weighted by molar-refractivity contribution is 6.40. The number of ketones is 1. The number of likely N-dealkylation sites (tertiary alicyclic amines) is 1. The van der Waals surface area contributed by atoms with Gasteiger partial charge >= 0.3 is 0 Å². The minimum atomic E-state index is -0.304. The molecule has 25 heavy (non-hydrogen) atoms. The van der Waals surface area contributed by atoms with Gasteiger partial charge in [0.25, 0.3) is 11.8 Å². The number of carbonyl (C=O) groups excluding carboxylic acids is 3. The van der Waals surface area contributed by atoms with Gasteiger partial charge in [0.2, 0.25) is 0 Å². The van der Waals surface area contributed by atoms with Crippen LogP contribution < -0.4 is 5.32 Å². The molecule has 0 unspecified atom stereocenters. The minimum absolute atomic E-state index is 0.202. The van der Waals surface area contributed by atoms with E-state index in [1.165, 1.54) is 13.0 Å². The molecule has 1 saturated carbocycles. The van der Waals surface area contributed by atoms with Crippen molar-refractivity contribution >= 4 is 23.3 Å². The summed E-state index contributed by atoms with van der Waals surface area (Å²) in [7, 11) is 0. The molecule has 1 aliphatic carbocycles. The van der Waals surface area contributed by atoms with E-state index in [-0.39, 0.29) is 47.0 Å². The van der Waals surface area contributed by atoms with Crippen molar-refractivity contribution in [3.05, 3.63) is 17.5 Å². The van der Waals surface area contributed by atoms with Crippen LogP contribution in [0, 0.1) is 5.92 Å². The zero-order valence-corrected chi connectivity index (χ0v) is 13.8. The van der Waals surface area contributed by atoms with Crippen LogP contribution in [0.4, 0.5) is 0 Å². The molecule has 0 radical (unpaired) electrons. The van der Waals surface area contributed by atoms with E-state index >= 15 is 0 Å². The predicted octanol–water partition coefficient (Wildman–Crippen LogP) is 0.108. The Kier molecular flexibility index (Phi) is 3.78. The van der Waals surface area contributed by atoms with E-state index in [1.807, 2.05) is 0 Å². The third-order valence-electron chi connectivity index (χ3n) is 5.03. The van der Waals surface area contributed by atoms with Crippen LogP contribution in [0.5, 0.6) is 0 Å². The molecule has 1 aromatic heterocycles. The van der Waals surface area contributed by atoms with Gasteiger partial charge in [0.05, 0.1) is 12.5 Å². The molecular weight excluding hydrogens is 326 g/mol. The first-order valence-electron chi connectivity index (χ1n) is 8.43. The number of oxime groups is 1. The Hall–Kier alpha value is -2.71. The second kappa shape index (κ2) is 5.98. The summed E-state index contributed by atoms with van der Waals surface area (Å²) >= 11 is 0. The molecular formula is C16H19N5O4. The number of nitrogens with one attached hydrogen (secondary N) is 2. The molecule has 4 rings (SSSR count). The van der Waals surface area contributed by atoms with E-state index in [1.54, 1.807) is 4.90 Å². The van der Waals surface area contributed by atoms with Crippen molar-refractivity contribution in [2.45, 2.75) is 38.3 Å². The van der Waals surface area contributed by atoms with Gasteiger partial charge in [-0.2, -0.15) is 5.10 Å². The summed E-state index contributed by atoms with van der Waals surface area (Å²) in [6.07, 6.45) is 2.82. The average molecular weight is 345 g/mol. The zero-order chi connectivity index (χ0) is 17.6. The Labute approximate surface area is 143 Å². The highest BCUT2D eigenvalue weighted by Gasteiger charge is 2.47. The number of rotatable bonds is 4. The lowest BCUT2D eigenvalue weighted by Gasteiger charge is -2.26. The maximum atomic E-state index is 12.6. The summed E-state index contributed by atoms with van der Waals surface area (Å²) < 4.78 is 0. The number of aromatic amines is 1. The normalized spacial score (nSPS) is 25.0. The minimum Gasteiger partial charge on any atom is -0.389 e. The number of hydrogen-bond donors (Lipinski definition) is 2. The second-order valence-electron chi connectivity index (χ2n) is 6.76. The zero-order valence-electron chi connectivity index (χ0n) is 13.8. The predicted molar refractivity (Wildman–Crippen MR) is 86.1 cm³/mol. The fraction of sp³-hybridized carbons (Fsp3) is 0.562. The van der Waals surface area contributed by atoms with Crippen molar-refractivity contribution < 1.29 is 19.2 Å². The standard InChI is InChI=1S/C16H19N5O4/c1-8(22)11-5-12(19-18-11)16(24)21-6-10-13(7-21)25-20-14(10)15(23)17-9-3-2-4-9/h5,9-10,13H,2-4,6-7H2,1H3,(H,17,23)(H,18,19)/t10-,13+/m0/s1. The molecule has 2 N–H and O–H groups in total. The molecule has 2 aliphatic heterocycles. The van der Waals surface area contributed by atoms with E-state index in [0.29, 0.717) is 18.8 Å². The number of amides is 2. The molecule has 2 fully saturated rings. The Morgan fingerprint density at radius 3 is 2.76 bits per heavy atom. The summed E-state index contributed by atoms with van der Waals surface area (Å²) in [6, 6.07) is 1.67. The molecule has 9 heteroatoms. The Morgan fingerprint density at radius 2 is 2.12 bits per heavy atom. The molecule has 2 amide bonds. The molecule has 2 atom stereocenters. The van der Waals surface area contributed by atoms with Gasteiger partial charge in [0, 0.05) is 19.5 Å². The van der Waals surface area contributed by atoms with Crippen molar-refractivity contribution in [2.24, 2.45) is 11.1 Å². The number of Topliss-reactive ketones (excluding diaryl/α,β-unsaturated/α-hetero) is 1. The molecule has 3 aliphatic rings. The van der Waals surface area contributed by atoms with Gasteiger partial charge in [-0.25, -0.2) is 0 Å². The molecule has 9 nitrogen and oxygen atoms in total. The van der Waals surface area contributed by atoms with Crippen LogP contribution in [0.15, 0.2) is 11.2 Å². The van der Waals surface area contributed by atoms with Crippen LogP contribution in [0.25, 0.3) is 0 Å². The van der Waals surface area contributed by atoms with Crippen LogP contribution in [-0.4, -0.2) is 63.6 Å².